The number of anilines is 1. The van der Waals surface area contributed by atoms with Crippen LogP contribution in [0.25, 0.3) is 0 Å². The summed E-state index contributed by atoms with van der Waals surface area (Å²) in [5.41, 5.74) is 8.33. The maximum absolute atomic E-state index is 5.59. The van der Waals surface area contributed by atoms with Crippen molar-refractivity contribution in [1.29, 1.82) is 0 Å². The van der Waals surface area contributed by atoms with Gasteiger partial charge in [0.15, 0.2) is 0 Å². The zero-order chi connectivity index (χ0) is 13.0. The van der Waals surface area contributed by atoms with Gasteiger partial charge in [-0.2, -0.15) is 0 Å². The summed E-state index contributed by atoms with van der Waals surface area (Å²) in [6, 6.07) is 7.62. The molecule has 3 N–H and O–H groups in total. The van der Waals surface area contributed by atoms with E-state index in [0.717, 1.165) is 21.4 Å². The topological polar surface area (TPSA) is 63.8 Å². The molecule has 0 unspecified atom stereocenters. The lowest BCUT2D eigenvalue weighted by Crippen LogP contribution is -2.10. The van der Waals surface area contributed by atoms with E-state index in [4.69, 9.17) is 18.0 Å². The van der Waals surface area contributed by atoms with Crippen LogP contribution in [0.4, 0.5) is 5.69 Å². The molecule has 1 aromatic carbocycles. The third-order valence-electron chi connectivity index (χ3n) is 2.35. The van der Waals surface area contributed by atoms with Crippen LogP contribution < -0.4 is 11.1 Å². The average Bonchev–Trinajstić information content (AvgIpc) is 2.37. The number of hydrogen-bond acceptors (Lipinski definition) is 4. The third kappa shape index (κ3) is 3.24. The molecular weight excluding hydrogens is 312 g/mol. The van der Waals surface area contributed by atoms with Gasteiger partial charge in [0, 0.05) is 21.9 Å². The second kappa shape index (κ2) is 5.88. The van der Waals surface area contributed by atoms with Crippen LogP contribution in [0.1, 0.15) is 11.3 Å². The summed E-state index contributed by atoms with van der Waals surface area (Å²) in [7, 11) is 0. The van der Waals surface area contributed by atoms with Gasteiger partial charge in [-0.25, -0.2) is 9.97 Å². The molecule has 0 aliphatic rings. The Hall–Kier alpha value is -1.53. The monoisotopic (exact) mass is 322 g/mol. The minimum atomic E-state index is 0.379. The van der Waals surface area contributed by atoms with Crippen LogP contribution in [0.5, 0.6) is 0 Å². The van der Waals surface area contributed by atoms with Gasteiger partial charge >= 0.3 is 0 Å². The Morgan fingerprint density at radius 1 is 1.39 bits per heavy atom. The highest BCUT2D eigenvalue weighted by atomic mass is 79.9. The van der Waals surface area contributed by atoms with E-state index in [-0.39, 0.29) is 0 Å². The fourth-order valence-corrected chi connectivity index (χ4v) is 2.34. The van der Waals surface area contributed by atoms with Crippen molar-refractivity contribution in [2.75, 3.05) is 5.32 Å². The molecule has 0 aliphatic heterocycles. The van der Waals surface area contributed by atoms with E-state index in [1.807, 2.05) is 24.3 Å². The Balaban J connectivity index is 2.07. The highest BCUT2D eigenvalue weighted by Gasteiger charge is 2.03. The largest absolute Gasteiger partial charge is 0.389 e. The quantitative estimate of drug-likeness (QED) is 0.847. The normalized spacial score (nSPS) is 10.1. The zero-order valence-corrected chi connectivity index (χ0v) is 11.8. The summed E-state index contributed by atoms with van der Waals surface area (Å²) in [6.07, 6.45) is 3.25. The molecule has 2 aromatic rings. The molecule has 18 heavy (non-hydrogen) atoms. The van der Waals surface area contributed by atoms with Crippen LogP contribution in [0, 0.1) is 0 Å². The Bertz CT molecular complexity index is 559. The summed E-state index contributed by atoms with van der Waals surface area (Å²) in [5, 5.41) is 3.26. The van der Waals surface area contributed by atoms with E-state index in [1.54, 1.807) is 6.20 Å². The molecule has 0 bridgehead atoms. The second-order valence-corrected chi connectivity index (χ2v) is 4.91. The SMILES string of the molecule is NC(=S)c1ccc(NCc2ccncn2)cc1Br. The second-order valence-electron chi connectivity index (χ2n) is 3.61. The minimum Gasteiger partial charge on any atom is -0.389 e. The summed E-state index contributed by atoms with van der Waals surface area (Å²) in [4.78, 5) is 8.39. The number of nitrogens with one attached hydrogen (secondary N) is 1. The maximum Gasteiger partial charge on any atom is 0.115 e. The van der Waals surface area contributed by atoms with E-state index in [2.05, 4.69) is 31.2 Å². The van der Waals surface area contributed by atoms with E-state index in [1.165, 1.54) is 6.33 Å². The molecule has 1 aromatic heterocycles. The first-order valence-corrected chi connectivity index (χ1v) is 6.45. The van der Waals surface area contributed by atoms with Gasteiger partial charge in [-0.15, -0.1) is 0 Å². The van der Waals surface area contributed by atoms with Crippen molar-refractivity contribution < 1.29 is 0 Å². The average molecular weight is 323 g/mol. The molecule has 0 spiro atoms. The number of hydrogen-bond donors (Lipinski definition) is 2. The summed E-state index contributed by atoms with van der Waals surface area (Å²) < 4.78 is 0.877. The van der Waals surface area contributed by atoms with Gasteiger partial charge in [0.1, 0.15) is 11.3 Å². The molecule has 0 aliphatic carbocycles. The lowest BCUT2D eigenvalue weighted by atomic mass is 10.2. The number of nitrogens with two attached hydrogens (primary N) is 1. The predicted molar refractivity (Wildman–Crippen MR) is 79.4 cm³/mol. The van der Waals surface area contributed by atoms with Crippen molar-refractivity contribution in [3.63, 3.8) is 0 Å². The molecule has 1 heterocycles. The van der Waals surface area contributed by atoms with E-state index >= 15 is 0 Å². The van der Waals surface area contributed by atoms with Gasteiger partial charge in [0.2, 0.25) is 0 Å². The fourth-order valence-electron chi connectivity index (χ4n) is 1.44. The molecule has 0 amide bonds. The van der Waals surface area contributed by atoms with Gasteiger partial charge < -0.3 is 11.1 Å². The maximum atomic E-state index is 5.59. The smallest absolute Gasteiger partial charge is 0.115 e. The molecule has 0 saturated carbocycles. The highest BCUT2D eigenvalue weighted by Crippen LogP contribution is 2.21. The molecule has 92 valence electrons. The predicted octanol–water partition coefficient (Wildman–Crippen LogP) is 2.49. The lowest BCUT2D eigenvalue weighted by Gasteiger charge is -2.08. The first kappa shape index (κ1) is 12.9. The van der Waals surface area contributed by atoms with Crippen LogP contribution in [0.3, 0.4) is 0 Å². The number of nitrogens with zero attached hydrogens (tertiary/aromatic N) is 2. The van der Waals surface area contributed by atoms with Gasteiger partial charge in [-0.05, 0) is 40.2 Å². The van der Waals surface area contributed by atoms with E-state index < -0.39 is 0 Å². The Morgan fingerprint density at radius 3 is 2.83 bits per heavy atom. The first-order valence-electron chi connectivity index (χ1n) is 5.25. The molecule has 2 rings (SSSR count). The molecule has 0 radical (unpaired) electrons. The number of halogens is 1. The minimum absolute atomic E-state index is 0.379. The lowest BCUT2D eigenvalue weighted by molar-refractivity contribution is 1.01. The van der Waals surface area contributed by atoms with Gasteiger partial charge in [-0.1, -0.05) is 12.2 Å². The Labute approximate surface area is 119 Å². The van der Waals surface area contributed by atoms with Crippen LogP contribution >= 0.6 is 28.1 Å². The van der Waals surface area contributed by atoms with Gasteiger partial charge in [-0.3, -0.25) is 0 Å². The number of aromatic nitrogens is 2. The number of thiocarbonyl (C=S) groups is 1. The van der Waals surface area contributed by atoms with Crippen LogP contribution in [-0.2, 0) is 6.54 Å². The standard InChI is InChI=1S/C12H11BrN4S/c13-11-5-8(1-2-10(11)12(14)18)16-6-9-3-4-15-7-17-9/h1-5,7,16H,6H2,(H2,14,18). The van der Waals surface area contributed by atoms with Crippen molar-refractivity contribution in [2.45, 2.75) is 6.54 Å². The molecule has 0 atom stereocenters. The van der Waals surface area contributed by atoms with Crippen molar-refractivity contribution in [1.82, 2.24) is 9.97 Å². The van der Waals surface area contributed by atoms with Gasteiger partial charge in [0.05, 0.1) is 12.2 Å². The van der Waals surface area contributed by atoms with Crippen molar-refractivity contribution in [2.24, 2.45) is 5.73 Å². The Morgan fingerprint density at radius 2 is 2.22 bits per heavy atom. The zero-order valence-electron chi connectivity index (χ0n) is 9.43. The van der Waals surface area contributed by atoms with Crippen LogP contribution in [-0.4, -0.2) is 15.0 Å². The Kier molecular flexibility index (Phi) is 4.22. The molecule has 0 fully saturated rings. The highest BCUT2D eigenvalue weighted by molar-refractivity contribution is 9.10. The third-order valence-corrected chi connectivity index (χ3v) is 3.23. The van der Waals surface area contributed by atoms with E-state index in [9.17, 15) is 0 Å². The van der Waals surface area contributed by atoms with E-state index in [0.29, 0.717) is 11.5 Å². The first-order chi connectivity index (χ1) is 8.66. The molecular formula is C12H11BrN4S. The van der Waals surface area contributed by atoms with Gasteiger partial charge in [0.25, 0.3) is 0 Å². The summed E-state index contributed by atoms with van der Waals surface area (Å²) in [6.45, 7) is 0.640. The van der Waals surface area contributed by atoms with Crippen molar-refractivity contribution >= 4 is 38.8 Å². The molecule has 4 nitrogen and oxygen atoms in total. The molecule has 0 saturated heterocycles. The fraction of sp³-hybridized carbons (Fsp3) is 0.0833. The molecule has 6 heteroatoms. The summed E-state index contributed by atoms with van der Waals surface area (Å²) >= 11 is 8.39. The summed E-state index contributed by atoms with van der Waals surface area (Å²) in [5.74, 6) is 0. The van der Waals surface area contributed by atoms with Crippen LogP contribution in [0.2, 0.25) is 0 Å². The van der Waals surface area contributed by atoms with Crippen molar-refractivity contribution in [3.05, 3.63) is 52.5 Å². The van der Waals surface area contributed by atoms with Crippen LogP contribution in [0.15, 0.2) is 41.3 Å². The van der Waals surface area contributed by atoms with Crippen molar-refractivity contribution in [3.8, 4) is 0 Å². The number of benzene rings is 1. The number of rotatable bonds is 4.